The van der Waals surface area contributed by atoms with E-state index in [1.807, 2.05) is 0 Å². The molecule has 0 saturated carbocycles. The smallest absolute Gasteiger partial charge is 0.0866 e. The van der Waals surface area contributed by atoms with E-state index in [4.69, 9.17) is 10.3 Å². The van der Waals surface area contributed by atoms with Gasteiger partial charge in [0.05, 0.1) is 18.8 Å². The Morgan fingerprint density at radius 2 is 1.33 bits per heavy atom. The van der Waals surface area contributed by atoms with E-state index in [0.717, 1.165) is 12.8 Å². The molecular formula is C19H39N3O2. The second kappa shape index (κ2) is 18.6. The monoisotopic (exact) mass is 341 g/mol. The summed E-state index contributed by atoms with van der Waals surface area (Å²) < 4.78 is 4.97. The normalized spacial score (nSPS) is 13.5. The maximum absolute atomic E-state index is 10.0. The molecular weight excluding hydrogens is 302 g/mol. The van der Waals surface area contributed by atoms with E-state index in [-0.39, 0.29) is 6.61 Å². The number of azide groups is 1. The summed E-state index contributed by atoms with van der Waals surface area (Å²) in [5.41, 5.74) is 8.49. The first-order chi connectivity index (χ1) is 11.8. The number of aliphatic hydroxyl groups is 1. The van der Waals surface area contributed by atoms with E-state index >= 15 is 0 Å². The second-order valence-electron chi connectivity index (χ2n) is 6.83. The summed E-state index contributed by atoms with van der Waals surface area (Å²) in [6.07, 6.45) is 17.2. The lowest BCUT2D eigenvalue weighted by molar-refractivity contribution is 0.0800. The molecule has 0 amide bonds. The molecule has 0 fully saturated rings. The van der Waals surface area contributed by atoms with Crippen molar-refractivity contribution >= 4 is 0 Å². The van der Waals surface area contributed by atoms with Crippen LogP contribution in [0.3, 0.4) is 0 Å². The van der Waals surface area contributed by atoms with Crippen molar-refractivity contribution in [2.45, 2.75) is 109 Å². The first kappa shape index (κ1) is 23.2. The minimum absolute atomic E-state index is 0.281. The van der Waals surface area contributed by atoms with E-state index in [2.05, 4.69) is 16.9 Å². The molecule has 0 bridgehead atoms. The highest BCUT2D eigenvalue weighted by atomic mass is 16.5. The molecule has 1 N–H and O–H groups in total. The number of hydrogen-bond acceptors (Lipinski definition) is 3. The van der Waals surface area contributed by atoms with E-state index in [1.165, 1.54) is 70.6 Å². The molecule has 0 aromatic heterocycles. The fraction of sp³-hybridized carbons (Fsp3) is 1.00. The summed E-state index contributed by atoms with van der Waals surface area (Å²) in [4.78, 5) is 2.77. The highest BCUT2D eigenvalue weighted by Crippen LogP contribution is 2.14. The number of nitrogens with zero attached hydrogens (tertiary/aromatic N) is 3. The van der Waals surface area contributed by atoms with Crippen LogP contribution in [0.15, 0.2) is 5.11 Å². The van der Waals surface area contributed by atoms with Gasteiger partial charge in [-0.2, -0.15) is 0 Å². The number of unbranched alkanes of at least 4 members (excludes halogenated alkanes) is 12. The highest BCUT2D eigenvalue weighted by Gasteiger charge is 2.16. The maximum Gasteiger partial charge on any atom is 0.0866 e. The Kier molecular flexibility index (Phi) is 18.0. The Hall–Kier alpha value is -0.770. The topological polar surface area (TPSA) is 78.2 Å². The number of aliphatic hydroxyl groups excluding tert-OH is 1. The Morgan fingerprint density at radius 1 is 0.875 bits per heavy atom. The Balaban J connectivity index is 3.36. The highest BCUT2D eigenvalue weighted by molar-refractivity contribution is 4.75. The fourth-order valence-electron chi connectivity index (χ4n) is 3.02. The average molecular weight is 342 g/mol. The summed E-state index contributed by atoms with van der Waals surface area (Å²) in [5.74, 6) is 0. The Bertz CT molecular complexity index is 307. The molecule has 0 rings (SSSR count). The van der Waals surface area contributed by atoms with Crippen molar-refractivity contribution in [3.05, 3.63) is 10.4 Å². The molecule has 2 atom stereocenters. The van der Waals surface area contributed by atoms with E-state index < -0.39 is 12.1 Å². The Morgan fingerprint density at radius 3 is 1.75 bits per heavy atom. The van der Waals surface area contributed by atoms with Gasteiger partial charge in [0.25, 0.3) is 0 Å². The predicted molar refractivity (Wildman–Crippen MR) is 101 cm³/mol. The molecule has 0 aliphatic rings. The first-order valence-corrected chi connectivity index (χ1v) is 9.97. The van der Waals surface area contributed by atoms with Gasteiger partial charge in [-0.25, -0.2) is 0 Å². The molecule has 0 aromatic rings. The largest absolute Gasteiger partial charge is 0.393 e. The van der Waals surface area contributed by atoms with Gasteiger partial charge in [0, 0.05) is 12.0 Å². The summed E-state index contributed by atoms with van der Waals surface area (Å²) in [6.45, 7) is 2.54. The molecule has 5 heteroatoms. The lowest BCUT2D eigenvalue weighted by atomic mass is 10.0. The zero-order chi connectivity index (χ0) is 17.9. The summed E-state index contributed by atoms with van der Waals surface area (Å²) in [6, 6.07) is -0.461. The molecule has 5 nitrogen and oxygen atoms in total. The molecule has 0 heterocycles. The lowest BCUT2D eigenvalue weighted by Gasteiger charge is -2.17. The van der Waals surface area contributed by atoms with Crippen LogP contribution in [0.1, 0.15) is 96.8 Å². The minimum atomic E-state index is -0.589. The van der Waals surface area contributed by atoms with Crippen LogP contribution in [-0.4, -0.2) is 31.0 Å². The van der Waals surface area contributed by atoms with Crippen LogP contribution in [0.5, 0.6) is 0 Å². The van der Waals surface area contributed by atoms with Crippen molar-refractivity contribution in [1.29, 1.82) is 0 Å². The second-order valence-corrected chi connectivity index (χ2v) is 6.83. The van der Waals surface area contributed by atoms with Gasteiger partial charge in [-0.1, -0.05) is 95.5 Å². The van der Waals surface area contributed by atoms with Crippen LogP contribution in [0.2, 0.25) is 0 Å². The first-order valence-electron chi connectivity index (χ1n) is 9.97. The van der Waals surface area contributed by atoms with Crippen LogP contribution < -0.4 is 0 Å². The van der Waals surface area contributed by atoms with Crippen molar-refractivity contribution in [2.24, 2.45) is 5.11 Å². The maximum atomic E-state index is 10.0. The molecule has 0 aliphatic carbocycles. The zero-order valence-corrected chi connectivity index (χ0v) is 16.0. The van der Waals surface area contributed by atoms with Crippen LogP contribution in [0.25, 0.3) is 10.4 Å². The van der Waals surface area contributed by atoms with Gasteiger partial charge >= 0.3 is 0 Å². The number of rotatable bonds is 18. The summed E-state index contributed by atoms with van der Waals surface area (Å²) in [5, 5.41) is 13.6. The molecule has 24 heavy (non-hydrogen) atoms. The van der Waals surface area contributed by atoms with Gasteiger partial charge in [0.15, 0.2) is 0 Å². The minimum Gasteiger partial charge on any atom is -0.393 e. The Labute approximate surface area is 148 Å². The van der Waals surface area contributed by atoms with Gasteiger partial charge < -0.3 is 9.84 Å². The molecule has 0 aromatic carbocycles. The standard InChI is InChI=1S/C19H39N3O2/c1-3-4-5-6-7-8-9-10-11-12-13-14-15-16-19(23)18(17-24-2)21-22-20/h18-19,23H,3-17H2,1-2H3/t18?,19-/m1/s1. The van der Waals surface area contributed by atoms with Crippen molar-refractivity contribution in [3.63, 3.8) is 0 Å². The third kappa shape index (κ3) is 14.8. The number of ether oxygens (including phenoxy) is 1. The van der Waals surface area contributed by atoms with Crippen molar-refractivity contribution in [3.8, 4) is 0 Å². The molecule has 0 radical (unpaired) electrons. The van der Waals surface area contributed by atoms with Gasteiger partial charge in [-0.3, -0.25) is 0 Å². The van der Waals surface area contributed by atoms with Crippen molar-refractivity contribution in [2.75, 3.05) is 13.7 Å². The van der Waals surface area contributed by atoms with Gasteiger partial charge in [-0.05, 0) is 12.0 Å². The summed E-state index contributed by atoms with van der Waals surface area (Å²) in [7, 11) is 1.55. The lowest BCUT2D eigenvalue weighted by Crippen LogP contribution is -2.28. The van der Waals surface area contributed by atoms with E-state index in [0.29, 0.717) is 6.42 Å². The van der Waals surface area contributed by atoms with Crippen LogP contribution >= 0.6 is 0 Å². The number of hydrogen-bond donors (Lipinski definition) is 1. The van der Waals surface area contributed by atoms with Crippen molar-refractivity contribution < 1.29 is 9.84 Å². The zero-order valence-electron chi connectivity index (χ0n) is 16.0. The molecule has 0 spiro atoms. The van der Waals surface area contributed by atoms with E-state index in [1.54, 1.807) is 7.11 Å². The molecule has 1 unspecified atom stereocenters. The van der Waals surface area contributed by atoms with Crippen LogP contribution in [0, 0.1) is 0 Å². The van der Waals surface area contributed by atoms with Gasteiger partial charge in [0.1, 0.15) is 0 Å². The third-order valence-electron chi connectivity index (χ3n) is 4.58. The number of methoxy groups -OCH3 is 1. The van der Waals surface area contributed by atoms with Gasteiger partial charge in [0.2, 0.25) is 0 Å². The van der Waals surface area contributed by atoms with Crippen LogP contribution in [0.4, 0.5) is 0 Å². The van der Waals surface area contributed by atoms with Crippen LogP contribution in [-0.2, 0) is 4.74 Å². The molecule has 0 saturated heterocycles. The third-order valence-corrected chi connectivity index (χ3v) is 4.58. The molecule has 0 aliphatic heterocycles. The van der Waals surface area contributed by atoms with Crippen molar-refractivity contribution in [1.82, 2.24) is 0 Å². The predicted octanol–water partition coefficient (Wildman–Crippen LogP) is 6.15. The average Bonchev–Trinajstić information content (AvgIpc) is 2.58. The van der Waals surface area contributed by atoms with E-state index in [9.17, 15) is 5.11 Å². The fourth-order valence-corrected chi connectivity index (χ4v) is 3.02. The quantitative estimate of drug-likeness (QED) is 0.140. The SMILES string of the molecule is CCCCCCCCCCCCCCC[C@@H](O)C(COC)N=[N+]=[N-]. The van der Waals surface area contributed by atoms with Gasteiger partial charge in [-0.15, -0.1) is 0 Å². The molecule has 142 valence electrons. The summed E-state index contributed by atoms with van der Waals surface area (Å²) >= 11 is 0.